The first kappa shape index (κ1) is 12.9. The number of nitrogens with one attached hydrogen (secondary N) is 1. The van der Waals surface area contributed by atoms with Crippen LogP contribution in [0.15, 0.2) is 4.99 Å². The Morgan fingerprint density at radius 3 is 2.79 bits per heavy atom. The van der Waals surface area contributed by atoms with Gasteiger partial charge < -0.3 is 21.9 Å². The van der Waals surface area contributed by atoms with E-state index in [1.807, 2.05) is 0 Å². The molecule has 1 atom stereocenters. The van der Waals surface area contributed by atoms with E-state index in [9.17, 15) is 4.79 Å². The predicted molar refractivity (Wildman–Crippen MR) is 55.3 cm³/mol. The molecule has 0 aromatic carbocycles. The van der Waals surface area contributed by atoms with Crippen LogP contribution in [0.5, 0.6) is 0 Å². The molecule has 0 saturated carbocycles. The maximum atomic E-state index is 10.3. The van der Waals surface area contributed by atoms with Gasteiger partial charge in [0.2, 0.25) is 0 Å². The third-order valence-electron chi connectivity index (χ3n) is 1.66. The number of hydrogen-bond donors (Lipinski definition) is 4. The number of likely N-dealkylation sites (N-methyl/N-ethyl adjacent to an activating group) is 1. The Labute approximate surface area is 83.4 Å². The molecule has 0 fully saturated rings. The minimum Gasteiger partial charge on any atom is -0.480 e. The number of carboxylic acid groups (broad SMARTS) is 1. The molecule has 6 N–H and O–H groups in total. The second-order valence-corrected chi connectivity index (χ2v) is 2.99. The Morgan fingerprint density at radius 1 is 1.64 bits per heavy atom. The monoisotopic (exact) mass is 202 g/mol. The lowest BCUT2D eigenvalue weighted by atomic mass is 10.2. The van der Waals surface area contributed by atoms with Crippen molar-refractivity contribution in [2.45, 2.75) is 18.9 Å². The summed E-state index contributed by atoms with van der Waals surface area (Å²) in [6.45, 7) is 1.07. The van der Waals surface area contributed by atoms with Crippen LogP contribution in [0.4, 0.5) is 0 Å². The largest absolute Gasteiger partial charge is 0.480 e. The summed E-state index contributed by atoms with van der Waals surface area (Å²) in [6, 6.07) is -0.796. The van der Waals surface area contributed by atoms with Crippen LogP contribution in [-0.4, -0.2) is 43.1 Å². The normalized spacial score (nSPS) is 14.0. The molecule has 0 saturated heterocycles. The van der Waals surface area contributed by atoms with Crippen LogP contribution < -0.4 is 16.8 Å². The molecule has 0 aromatic rings. The van der Waals surface area contributed by atoms with Crippen LogP contribution in [0, 0.1) is 0 Å². The second-order valence-electron chi connectivity index (χ2n) is 2.99. The summed E-state index contributed by atoms with van der Waals surface area (Å²) in [4.78, 5) is 14.4. The van der Waals surface area contributed by atoms with Crippen LogP contribution in [0.3, 0.4) is 0 Å². The van der Waals surface area contributed by atoms with E-state index in [-0.39, 0.29) is 0 Å². The minimum absolute atomic E-state index is 0.422. The number of carboxylic acids is 1. The Bertz CT molecular complexity index is 206. The number of nitrogens with zero attached hydrogens (tertiary/aromatic N) is 1. The van der Waals surface area contributed by atoms with E-state index in [2.05, 4.69) is 10.3 Å². The molecule has 0 bridgehead atoms. The lowest BCUT2D eigenvalue weighted by molar-refractivity contribution is -0.138. The molecular formula is C8H18N4O2. The minimum atomic E-state index is -0.975. The third kappa shape index (κ3) is 6.38. The van der Waals surface area contributed by atoms with Crippen molar-refractivity contribution in [3.63, 3.8) is 0 Å². The van der Waals surface area contributed by atoms with Crippen molar-refractivity contribution in [2.75, 3.05) is 20.1 Å². The van der Waals surface area contributed by atoms with Gasteiger partial charge in [-0.2, -0.15) is 0 Å². The molecule has 0 amide bonds. The van der Waals surface area contributed by atoms with Crippen LogP contribution in [0.2, 0.25) is 0 Å². The first-order valence-corrected chi connectivity index (χ1v) is 4.49. The van der Waals surface area contributed by atoms with Gasteiger partial charge in [0.15, 0.2) is 0 Å². The smallest absolute Gasteiger partial charge is 0.320 e. The fourth-order valence-corrected chi connectivity index (χ4v) is 0.894. The summed E-state index contributed by atoms with van der Waals surface area (Å²) in [6.07, 6.45) is 1.06. The summed E-state index contributed by atoms with van der Waals surface area (Å²) in [7, 11) is 1.78. The highest BCUT2D eigenvalue weighted by atomic mass is 16.4. The van der Waals surface area contributed by atoms with Crippen LogP contribution in [0.25, 0.3) is 0 Å². The van der Waals surface area contributed by atoms with E-state index in [0.717, 1.165) is 0 Å². The molecular weight excluding hydrogens is 184 g/mol. The number of hydrogen-bond acceptors (Lipinski definition) is 4. The Hall–Kier alpha value is -1.14. The lowest BCUT2D eigenvalue weighted by Crippen LogP contribution is -2.30. The number of aliphatic carboxylic acids is 1. The maximum absolute atomic E-state index is 10.3. The van der Waals surface area contributed by atoms with Crippen molar-refractivity contribution < 1.29 is 9.90 Å². The van der Waals surface area contributed by atoms with Gasteiger partial charge >= 0.3 is 5.97 Å². The molecule has 0 aliphatic heterocycles. The molecule has 6 heteroatoms. The first-order valence-electron chi connectivity index (χ1n) is 4.49. The second kappa shape index (κ2) is 7.28. The quantitative estimate of drug-likeness (QED) is 0.234. The highest BCUT2D eigenvalue weighted by Crippen LogP contribution is 1.94. The van der Waals surface area contributed by atoms with Crippen LogP contribution in [-0.2, 0) is 4.79 Å². The maximum Gasteiger partial charge on any atom is 0.320 e. The standard InChI is InChI=1S/C8H18N4O2/c1-11-5-7(10)12-4-2-3-6(9)8(13)14/h6,11H,2-5,9H2,1H3,(H2,10,12)(H,13,14). The van der Waals surface area contributed by atoms with E-state index in [0.29, 0.717) is 31.8 Å². The van der Waals surface area contributed by atoms with Crippen molar-refractivity contribution in [2.24, 2.45) is 16.5 Å². The lowest BCUT2D eigenvalue weighted by Gasteiger charge is -2.04. The Morgan fingerprint density at radius 2 is 2.29 bits per heavy atom. The van der Waals surface area contributed by atoms with Crippen molar-refractivity contribution in [3.05, 3.63) is 0 Å². The zero-order chi connectivity index (χ0) is 11.0. The number of carbonyl (C=O) groups is 1. The highest BCUT2D eigenvalue weighted by molar-refractivity contribution is 5.82. The van der Waals surface area contributed by atoms with E-state index < -0.39 is 12.0 Å². The molecule has 1 unspecified atom stereocenters. The van der Waals surface area contributed by atoms with Crippen molar-refractivity contribution in [1.29, 1.82) is 0 Å². The molecule has 82 valence electrons. The molecule has 0 aliphatic rings. The first-order chi connectivity index (χ1) is 6.57. The Balaban J connectivity index is 3.55. The topological polar surface area (TPSA) is 114 Å². The van der Waals surface area contributed by atoms with Gasteiger partial charge in [0, 0.05) is 6.54 Å². The summed E-state index contributed by atoms with van der Waals surface area (Å²) in [5, 5.41) is 11.3. The number of aliphatic imine (C=N–C) groups is 1. The van der Waals surface area contributed by atoms with Gasteiger partial charge in [0.1, 0.15) is 11.9 Å². The molecule has 0 aromatic heterocycles. The average Bonchev–Trinajstić information content (AvgIpc) is 2.12. The molecule has 0 rings (SSSR count). The fraction of sp³-hybridized carbons (Fsp3) is 0.750. The Kier molecular flexibility index (Phi) is 6.69. The summed E-state index contributed by atoms with van der Waals surface area (Å²) in [5.41, 5.74) is 10.8. The van der Waals surface area contributed by atoms with Gasteiger partial charge in [-0.15, -0.1) is 0 Å². The third-order valence-corrected chi connectivity index (χ3v) is 1.66. The SMILES string of the molecule is CNCC(N)=NCCCC(N)C(=O)O. The zero-order valence-electron chi connectivity index (χ0n) is 8.36. The predicted octanol–water partition coefficient (Wildman–Crippen LogP) is -1.24. The molecule has 14 heavy (non-hydrogen) atoms. The fourth-order valence-electron chi connectivity index (χ4n) is 0.894. The van der Waals surface area contributed by atoms with Gasteiger partial charge in [-0.05, 0) is 19.9 Å². The molecule has 6 nitrogen and oxygen atoms in total. The van der Waals surface area contributed by atoms with Crippen LogP contribution in [0.1, 0.15) is 12.8 Å². The zero-order valence-corrected chi connectivity index (χ0v) is 8.36. The van der Waals surface area contributed by atoms with Crippen molar-refractivity contribution >= 4 is 11.8 Å². The summed E-state index contributed by atoms with van der Waals surface area (Å²) >= 11 is 0. The van der Waals surface area contributed by atoms with Crippen molar-refractivity contribution in [1.82, 2.24) is 5.32 Å². The molecule has 0 radical (unpaired) electrons. The van der Waals surface area contributed by atoms with Gasteiger partial charge in [0.05, 0.1) is 6.54 Å². The number of nitrogens with two attached hydrogens (primary N) is 2. The molecule has 0 heterocycles. The summed E-state index contributed by atoms with van der Waals surface area (Å²) in [5.74, 6) is -0.450. The number of rotatable bonds is 7. The summed E-state index contributed by atoms with van der Waals surface area (Å²) < 4.78 is 0. The van der Waals surface area contributed by atoms with E-state index in [1.165, 1.54) is 0 Å². The van der Waals surface area contributed by atoms with Gasteiger partial charge in [-0.3, -0.25) is 9.79 Å². The van der Waals surface area contributed by atoms with Crippen molar-refractivity contribution in [3.8, 4) is 0 Å². The van der Waals surface area contributed by atoms with Gasteiger partial charge in [-0.25, -0.2) is 0 Å². The van der Waals surface area contributed by atoms with E-state index >= 15 is 0 Å². The van der Waals surface area contributed by atoms with Gasteiger partial charge in [0.25, 0.3) is 0 Å². The highest BCUT2D eigenvalue weighted by Gasteiger charge is 2.09. The average molecular weight is 202 g/mol. The van der Waals surface area contributed by atoms with E-state index in [4.69, 9.17) is 16.6 Å². The van der Waals surface area contributed by atoms with E-state index in [1.54, 1.807) is 7.05 Å². The van der Waals surface area contributed by atoms with Gasteiger partial charge in [-0.1, -0.05) is 0 Å². The number of amidine groups is 1. The molecule has 0 spiro atoms. The van der Waals surface area contributed by atoms with Crippen LogP contribution >= 0.6 is 0 Å². The molecule has 0 aliphatic carbocycles.